The fourth-order valence-electron chi connectivity index (χ4n) is 3.32. The monoisotopic (exact) mass is 821 g/mol. The smallest absolute Gasteiger partial charge is 0.453 e. The lowest BCUT2D eigenvalue weighted by Gasteiger charge is -2.19. The molecule has 0 aliphatic heterocycles. The fraction of sp³-hybridized carbons (Fsp3) is 0.500. The van der Waals surface area contributed by atoms with Gasteiger partial charge in [0.1, 0.15) is 18.2 Å². The highest BCUT2D eigenvalue weighted by molar-refractivity contribution is 6.07. The van der Waals surface area contributed by atoms with Gasteiger partial charge in [-0.2, -0.15) is 49.0 Å². The van der Waals surface area contributed by atoms with Crippen LogP contribution in [0.15, 0.2) is 51.5 Å². The van der Waals surface area contributed by atoms with Crippen molar-refractivity contribution in [2.24, 2.45) is 5.84 Å². The number of carbonyl (C=O) groups is 3. The maximum atomic E-state index is 13.1. The number of likely N-dealkylation sites (N-methyl/N-ethyl adjacent to an activating group) is 1. The number of hydrazine groups is 1. The number of halogens is 11. The molecule has 26 heteroatoms. The summed E-state index contributed by atoms with van der Waals surface area (Å²) < 4.78 is 140. The molecule has 0 amide bonds. The summed E-state index contributed by atoms with van der Waals surface area (Å²) in [5.74, 6) is -6.97. The number of aryl methyl sites for hydroxylation is 1. The zero-order chi connectivity index (χ0) is 40.6. The maximum Gasteiger partial charge on any atom is 0.453 e. The molecule has 0 fully saturated rings. The van der Waals surface area contributed by atoms with Crippen molar-refractivity contribution in [3.63, 3.8) is 0 Å². The predicted molar refractivity (Wildman–Crippen MR) is 165 cm³/mol. The molecule has 0 aromatic carbocycles. The standard InChI is InChI=1S/C13H12F5N3O3.C11H14N2O5.C4H7F5N2.ClH/c1-2-23-11(22)9-7-10(8-3-6-24-20-8)21(19-9)5-4-12(14,15)13(16,17)18;1-4-17-11(15)9(13(2)16-3)7-10(14)8-5-6-18-12-8;5-3(6,1-2-11-10)4(7,8)9;/h3,6-7H,2,4-5H2,1H3;5-7H,4H2,1-3H3;11H,1-2,10H2;1H. The van der Waals surface area contributed by atoms with Crippen molar-refractivity contribution in [3.05, 3.63) is 53.9 Å². The number of rotatable bonds is 15. The van der Waals surface area contributed by atoms with E-state index in [1.54, 1.807) is 19.3 Å². The molecule has 0 bridgehead atoms. The number of nitrogens with one attached hydrogen (secondary N) is 1. The first-order chi connectivity index (χ1) is 24.6. The zero-order valence-corrected chi connectivity index (χ0v) is 29.3. The number of carbonyl (C=O) groups excluding carboxylic acids is 3. The molecule has 15 nitrogen and oxygen atoms in total. The van der Waals surface area contributed by atoms with E-state index < -0.39 is 67.9 Å². The van der Waals surface area contributed by atoms with Gasteiger partial charge >= 0.3 is 36.1 Å². The van der Waals surface area contributed by atoms with E-state index in [1.807, 2.05) is 0 Å². The molecule has 0 unspecified atom stereocenters. The minimum absolute atomic E-state index is 0. The number of ether oxygens (including phenoxy) is 2. The zero-order valence-electron chi connectivity index (χ0n) is 28.5. The van der Waals surface area contributed by atoms with Crippen molar-refractivity contribution in [1.82, 2.24) is 30.6 Å². The highest BCUT2D eigenvalue weighted by Crippen LogP contribution is 2.39. The quantitative estimate of drug-likeness (QED) is 0.0484. The Hall–Kier alpha value is -4.75. The lowest BCUT2D eigenvalue weighted by atomic mass is 10.2. The van der Waals surface area contributed by atoms with Gasteiger partial charge in [-0.05, 0) is 13.8 Å². The van der Waals surface area contributed by atoms with Gasteiger partial charge in [-0.15, -0.1) is 12.4 Å². The summed E-state index contributed by atoms with van der Waals surface area (Å²) in [5, 5.41) is 11.9. The summed E-state index contributed by atoms with van der Waals surface area (Å²) in [6.45, 7) is 2.11. The Morgan fingerprint density at radius 1 is 0.889 bits per heavy atom. The van der Waals surface area contributed by atoms with Crippen LogP contribution in [-0.2, 0) is 25.7 Å². The second-order valence-electron chi connectivity index (χ2n) is 9.78. The van der Waals surface area contributed by atoms with Crippen LogP contribution < -0.4 is 11.3 Å². The van der Waals surface area contributed by atoms with E-state index in [9.17, 15) is 58.3 Å². The summed E-state index contributed by atoms with van der Waals surface area (Å²) in [6.07, 6.45) is -10.5. The average Bonchev–Trinajstić information content (AvgIpc) is 3.87. The summed E-state index contributed by atoms with van der Waals surface area (Å²) in [5.41, 5.74) is 1.75. The second kappa shape index (κ2) is 21.8. The van der Waals surface area contributed by atoms with Gasteiger partial charge in [-0.3, -0.25) is 30.6 Å². The number of alkyl halides is 10. The van der Waals surface area contributed by atoms with Crippen molar-refractivity contribution in [3.8, 4) is 11.4 Å². The molecule has 306 valence electrons. The third-order valence-electron chi connectivity index (χ3n) is 6.07. The highest BCUT2D eigenvalue weighted by Gasteiger charge is 2.57. The largest absolute Gasteiger partial charge is 0.461 e. The minimum Gasteiger partial charge on any atom is -0.461 e. The Labute approximate surface area is 305 Å². The van der Waals surface area contributed by atoms with Crippen LogP contribution in [0.2, 0.25) is 0 Å². The van der Waals surface area contributed by atoms with Gasteiger partial charge in [-0.1, -0.05) is 10.3 Å². The van der Waals surface area contributed by atoms with E-state index in [0.717, 1.165) is 15.8 Å². The molecule has 3 aromatic rings. The fourth-order valence-corrected chi connectivity index (χ4v) is 3.32. The van der Waals surface area contributed by atoms with Crippen molar-refractivity contribution >= 4 is 30.1 Å². The Morgan fingerprint density at radius 2 is 1.44 bits per heavy atom. The highest BCUT2D eigenvalue weighted by atomic mass is 35.5. The Balaban J connectivity index is 0.000000830. The third-order valence-corrected chi connectivity index (χ3v) is 6.07. The Morgan fingerprint density at radius 3 is 1.91 bits per heavy atom. The number of aromatic nitrogens is 4. The van der Waals surface area contributed by atoms with Gasteiger partial charge in [0.05, 0.1) is 26.0 Å². The number of esters is 2. The number of allylic oxidation sites excluding steroid dienone is 1. The van der Waals surface area contributed by atoms with Crippen LogP contribution in [-0.4, -0.2) is 101 Å². The summed E-state index contributed by atoms with van der Waals surface area (Å²) in [4.78, 5) is 39.9. The summed E-state index contributed by atoms with van der Waals surface area (Å²) in [6, 6.07) is 3.93. The van der Waals surface area contributed by atoms with Gasteiger partial charge in [0.25, 0.3) is 0 Å². The molecule has 54 heavy (non-hydrogen) atoms. The van der Waals surface area contributed by atoms with E-state index in [2.05, 4.69) is 30.3 Å². The normalized spacial score (nSPS) is 12.0. The molecule has 0 aliphatic carbocycles. The summed E-state index contributed by atoms with van der Waals surface area (Å²) in [7, 11) is 2.85. The van der Waals surface area contributed by atoms with Crippen molar-refractivity contribution in [2.75, 3.05) is 33.9 Å². The van der Waals surface area contributed by atoms with Crippen molar-refractivity contribution < 1.29 is 81.6 Å². The summed E-state index contributed by atoms with van der Waals surface area (Å²) >= 11 is 0. The van der Waals surface area contributed by atoms with E-state index >= 15 is 0 Å². The van der Waals surface area contributed by atoms with Crippen LogP contribution >= 0.6 is 12.4 Å². The molecule has 0 spiro atoms. The molecular weight excluding hydrogens is 788 g/mol. The predicted octanol–water partition coefficient (Wildman–Crippen LogP) is 5.56. The number of hydroxylamine groups is 2. The molecule has 0 atom stereocenters. The van der Waals surface area contributed by atoms with Gasteiger partial charge in [0.15, 0.2) is 17.1 Å². The second-order valence-corrected chi connectivity index (χ2v) is 9.78. The van der Waals surface area contributed by atoms with Crippen LogP contribution in [0.4, 0.5) is 43.9 Å². The number of hydrogen-bond donors (Lipinski definition) is 2. The lowest BCUT2D eigenvalue weighted by Crippen LogP contribution is -2.40. The number of hydrogen-bond acceptors (Lipinski definition) is 14. The van der Waals surface area contributed by atoms with E-state index in [0.29, 0.717) is 0 Å². The number of ketones is 1. The van der Waals surface area contributed by atoms with Gasteiger partial charge in [0, 0.05) is 57.3 Å². The first kappa shape index (κ1) is 49.2. The SMILES string of the molecule is CCOC(=O)C(=CC(=O)c1ccon1)N(C)OC.CCOC(=O)c1cc(-c2ccon2)n(CCC(F)(F)C(F)(F)F)n1.Cl.NNCCC(F)(F)C(F)(F)F. The number of nitrogens with zero attached hydrogens (tertiary/aromatic N) is 5. The lowest BCUT2D eigenvalue weighted by molar-refractivity contribution is -0.285. The average molecular weight is 822 g/mol. The molecule has 3 N–H and O–H groups in total. The molecular formula is C28H34ClF10N7O8. The van der Waals surface area contributed by atoms with Crippen LogP contribution in [0, 0.1) is 0 Å². The first-order valence-corrected chi connectivity index (χ1v) is 14.7. The number of nitrogens with two attached hydrogens (primary N) is 1. The molecule has 0 saturated heterocycles. The van der Waals surface area contributed by atoms with Crippen LogP contribution in [0.5, 0.6) is 0 Å². The van der Waals surface area contributed by atoms with Gasteiger partial charge in [0.2, 0.25) is 5.78 Å². The van der Waals surface area contributed by atoms with E-state index in [4.69, 9.17) is 14.3 Å². The molecule has 3 rings (SSSR count). The van der Waals surface area contributed by atoms with Gasteiger partial charge < -0.3 is 18.5 Å². The van der Waals surface area contributed by atoms with Crippen LogP contribution in [0.3, 0.4) is 0 Å². The molecule has 3 heterocycles. The topological polar surface area (TPSA) is 190 Å². The molecule has 0 aliphatic rings. The first-order valence-electron chi connectivity index (χ1n) is 14.7. The Bertz CT molecular complexity index is 1600. The van der Waals surface area contributed by atoms with E-state index in [1.165, 1.54) is 44.9 Å². The van der Waals surface area contributed by atoms with Crippen molar-refractivity contribution in [2.45, 2.75) is 57.4 Å². The Kier molecular flexibility index (Phi) is 19.9. The molecule has 0 radical (unpaired) electrons. The third kappa shape index (κ3) is 14.9. The maximum absolute atomic E-state index is 13.1. The molecule has 3 aromatic heterocycles. The van der Waals surface area contributed by atoms with Gasteiger partial charge in [-0.25, -0.2) is 9.59 Å². The molecule has 0 saturated carbocycles. The van der Waals surface area contributed by atoms with Crippen LogP contribution in [0.1, 0.15) is 47.7 Å². The van der Waals surface area contributed by atoms with Crippen LogP contribution in [0.25, 0.3) is 11.4 Å². The minimum atomic E-state index is -5.67. The van der Waals surface area contributed by atoms with E-state index in [-0.39, 0.29) is 54.1 Å². The van der Waals surface area contributed by atoms with Crippen molar-refractivity contribution in [1.29, 1.82) is 0 Å².